The molecule has 132 valence electrons. The second kappa shape index (κ2) is 6.58. The van der Waals surface area contributed by atoms with Gasteiger partial charge in [0.05, 0.1) is 11.3 Å². The number of amides is 2. The van der Waals surface area contributed by atoms with Crippen molar-refractivity contribution in [1.29, 1.82) is 0 Å². The first-order chi connectivity index (χ1) is 11.8. The third kappa shape index (κ3) is 3.81. The highest BCUT2D eigenvalue weighted by molar-refractivity contribution is 5.72. The van der Waals surface area contributed by atoms with Crippen LogP contribution < -0.4 is 10.6 Å². The molecule has 0 unspecified atom stereocenters. The summed E-state index contributed by atoms with van der Waals surface area (Å²) in [7, 11) is 0. The van der Waals surface area contributed by atoms with Crippen molar-refractivity contribution in [1.82, 2.24) is 14.9 Å². The van der Waals surface area contributed by atoms with Gasteiger partial charge in [0, 0.05) is 37.9 Å². The summed E-state index contributed by atoms with van der Waals surface area (Å²) in [4.78, 5) is 23.2. The molecule has 0 spiro atoms. The molecule has 2 heterocycles. The third-order valence-electron chi connectivity index (χ3n) is 4.03. The normalized spacial score (nSPS) is 15.3. The van der Waals surface area contributed by atoms with Crippen molar-refractivity contribution in [2.24, 2.45) is 5.73 Å². The van der Waals surface area contributed by atoms with Crippen LogP contribution >= 0.6 is 0 Å². The van der Waals surface area contributed by atoms with Crippen LogP contribution in [0.15, 0.2) is 36.5 Å². The van der Waals surface area contributed by atoms with Gasteiger partial charge in [0.1, 0.15) is 0 Å². The van der Waals surface area contributed by atoms with Crippen LogP contribution in [0.4, 0.5) is 23.9 Å². The minimum absolute atomic E-state index is 0.459. The van der Waals surface area contributed by atoms with Gasteiger partial charge >= 0.3 is 12.2 Å². The highest BCUT2D eigenvalue weighted by Gasteiger charge is 2.30. The van der Waals surface area contributed by atoms with Crippen LogP contribution in [0.1, 0.15) is 5.56 Å². The maximum Gasteiger partial charge on any atom is 0.416 e. The summed E-state index contributed by atoms with van der Waals surface area (Å²) in [5.41, 5.74) is 5.66. The largest absolute Gasteiger partial charge is 0.416 e. The fourth-order valence-electron chi connectivity index (χ4n) is 2.62. The summed E-state index contributed by atoms with van der Waals surface area (Å²) < 4.78 is 37.9. The number of halogens is 3. The zero-order chi connectivity index (χ0) is 18.0. The summed E-state index contributed by atoms with van der Waals surface area (Å²) in [6.45, 7) is 2.03. The van der Waals surface area contributed by atoms with Gasteiger partial charge in [-0.25, -0.2) is 14.8 Å². The second-order valence-electron chi connectivity index (χ2n) is 5.63. The van der Waals surface area contributed by atoms with E-state index in [0.29, 0.717) is 43.4 Å². The van der Waals surface area contributed by atoms with Crippen molar-refractivity contribution < 1.29 is 18.0 Å². The van der Waals surface area contributed by atoms with Crippen LogP contribution in [0.25, 0.3) is 11.3 Å². The molecular formula is C16H16F3N5O. The fourth-order valence-corrected chi connectivity index (χ4v) is 2.62. The van der Waals surface area contributed by atoms with E-state index in [1.165, 1.54) is 17.0 Å². The lowest BCUT2D eigenvalue weighted by molar-refractivity contribution is -0.137. The molecule has 1 aromatic heterocycles. The molecule has 0 aliphatic carbocycles. The van der Waals surface area contributed by atoms with E-state index in [1.807, 2.05) is 4.90 Å². The quantitative estimate of drug-likeness (QED) is 0.901. The molecule has 9 heteroatoms. The van der Waals surface area contributed by atoms with Crippen molar-refractivity contribution in [3.63, 3.8) is 0 Å². The Bertz CT molecular complexity index is 755. The summed E-state index contributed by atoms with van der Waals surface area (Å²) in [6.07, 6.45) is -2.80. The van der Waals surface area contributed by atoms with Gasteiger partial charge in [0.2, 0.25) is 5.95 Å². The standard InChI is InChI=1S/C16H16F3N5O/c17-16(18,19)12-3-1-11(2-4-12)13-5-6-21-15(22-13)24-9-7-23(8-10-24)14(20)25/h1-6H,7-10H2,(H2,20,25). The lowest BCUT2D eigenvalue weighted by atomic mass is 10.1. The molecule has 1 aromatic carbocycles. The van der Waals surface area contributed by atoms with E-state index in [4.69, 9.17) is 5.73 Å². The number of urea groups is 1. The molecule has 1 saturated heterocycles. The van der Waals surface area contributed by atoms with E-state index in [-0.39, 0.29) is 0 Å². The van der Waals surface area contributed by atoms with Gasteiger partial charge in [-0.2, -0.15) is 13.2 Å². The smallest absolute Gasteiger partial charge is 0.351 e. The predicted molar refractivity (Wildman–Crippen MR) is 85.8 cm³/mol. The van der Waals surface area contributed by atoms with Gasteiger partial charge in [-0.05, 0) is 18.2 Å². The monoisotopic (exact) mass is 351 g/mol. The maximum atomic E-state index is 12.6. The average molecular weight is 351 g/mol. The van der Waals surface area contributed by atoms with Crippen LogP contribution in [0.2, 0.25) is 0 Å². The van der Waals surface area contributed by atoms with Crippen LogP contribution in [-0.4, -0.2) is 47.1 Å². The van der Waals surface area contributed by atoms with Crippen LogP contribution in [0, 0.1) is 0 Å². The van der Waals surface area contributed by atoms with E-state index < -0.39 is 17.8 Å². The second-order valence-corrected chi connectivity index (χ2v) is 5.63. The molecule has 0 atom stereocenters. The molecule has 1 aliphatic rings. The summed E-state index contributed by atoms with van der Waals surface area (Å²) in [6, 6.07) is 6.02. The van der Waals surface area contributed by atoms with Crippen molar-refractivity contribution in [3.8, 4) is 11.3 Å². The number of benzene rings is 1. The number of hydrogen-bond acceptors (Lipinski definition) is 4. The lowest BCUT2D eigenvalue weighted by Gasteiger charge is -2.33. The van der Waals surface area contributed by atoms with Crippen molar-refractivity contribution >= 4 is 12.0 Å². The number of hydrogen-bond donors (Lipinski definition) is 1. The maximum absolute atomic E-state index is 12.6. The number of carbonyl (C=O) groups excluding carboxylic acids is 1. The van der Waals surface area contributed by atoms with Gasteiger partial charge in [0.25, 0.3) is 0 Å². The Hall–Kier alpha value is -2.84. The Kier molecular flexibility index (Phi) is 4.47. The first-order valence-corrected chi connectivity index (χ1v) is 7.64. The average Bonchev–Trinajstić information content (AvgIpc) is 2.61. The summed E-state index contributed by atoms with van der Waals surface area (Å²) in [5, 5.41) is 0. The topological polar surface area (TPSA) is 75.4 Å². The third-order valence-corrected chi connectivity index (χ3v) is 4.03. The fraction of sp³-hybridized carbons (Fsp3) is 0.312. The number of nitrogens with two attached hydrogens (primary N) is 1. The molecule has 0 bridgehead atoms. The molecular weight excluding hydrogens is 335 g/mol. The first kappa shape index (κ1) is 17.0. The van der Waals surface area contributed by atoms with E-state index in [9.17, 15) is 18.0 Å². The number of alkyl halides is 3. The van der Waals surface area contributed by atoms with Crippen molar-refractivity contribution in [2.75, 3.05) is 31.1 Å². The predicted octanol–water partition coefficient (Wildman–Crippen LogP) is 2.36. The van der Waals surface area contributed by atoms with Crippen LogP contribution in [0.5, 0.6) is 0 Å². The van der Waals surface area contributed by atoms with E-state index in [0.717, 1.165) is 12.1 Å². The number of rotatable bonds is 2. The Labute approximate surface area is 142 Å². The Morgan fingerprint density at radius 1 is 1.04 bits per heavy atom. The molecule has 2 amide bonds. The molecule has 3 rings (SSSR count). The molecule has 25 heavy (non-hydrogen) atoms. The molecule has 0 saturated carbocycles. The SMILES string of the molecule is NC(=O)N1CCN(c2nccc(-c3ccc(C(F)(F)F)cc3)n2)CC1. The van der Waals surface area contributed by atoms with Gasteiger partial charge in [-0.15, -0.1) is 0 Å². The molecule has 0 radical (unpaired) electrons. The molecule has 2 N–H and O–H groups in total. The summed E-state index contributed by atoms with van der Waals surface area (Å²) in [5.74, 6) is 0.474. The van der Waals surface area contributed by atoms with Gasteiger partial charge in [-0.3, -0.25) is 0 Å². The number of carbonyl (C=O) groups is 1. The van der Waals surface area contributed by atoms with Gasteiger partial charge in [0.15, 0.2) is 0 Å². The molecule has 6 nitrogen and oxygen atoms in total. The lowest BCUT2D eigenvalue weighted by Crippen LogP contribution is -2.50. The number of anilines is 1. The highest BCUT2D eigenvalue weighted by atomic mass is 19.4. The number of nitrogens with zero attached hydrogens (tertiary/aromatic N) is 4. The van der Waals surface area contributed by atoms with Gasteiger partial charge < -0.3 is 15.5 Å². The highest BCUT2D eigenvalue weighted by Crippen LogP contribution is 2.30. The first-order valence-electron chi connectivity index (χ1n) is 7.64. The van der Waals surface area contributed by atoms with Crippen LogP contribution in [0.3, 0.4) is 0 Å². The van der Waals surface area contributed by atoms with Crippen molar-refractivity contribution in [2.45, 2.75) is 6.18 Å². The number of primary amides is 1. The molecule has 2 aromatic rings. The van der Waals surface area contributed by atoms with E-state index in [2.05, 4.69) is 9.97 Å². The van der Waals surface area contributed by atoms with Gasteiger partial charge in [-0.1, -0.05) is 12.1 Å². The molecule has 1 aliphatic heterocycles. The number of aromatic nitrogens is 2. The Morgan fingerprint density at radius 3 is 2.24 bits per heavy atom. The van der Waals surface area contributed by atoms with Crippen molar-refractivity contribution in [3.05, 3.63) is 42.1 Å². The minimum atomic E-state index is -4.37. The molecule has 1 fully saturated rings. The number of piperazine rings is 1. The minimum Gasteiger partial charge on any atom is -0.351 e. The summed E-state index contributed by atoms with van der Waals surface area (Å²) >= 11 is 0. The Morgan fingerprint density at radius 2 is 1.68 bits per heavy atom. The Balaban J connectivity index is 1.77. The zero-order valence-electron chi connectivity index (χ0n) is 13.2. The zero-order valence-corrected chi connectivity index (χ0v) is 13.2. The van der Waals surface area contributed by atoms with Crippen LogP contribution in [-0.2, 0) is 6.18 Å². The van der Waals surface area contributed by atoms with E-state index in [1.54, 1.807) is 12.3 Å². The van der Waals surface area contributed by atoms with E-state index >= 15 is 0 Å².